The molecule has 3 aromatic rings. The molecule has 1 aromatic carbocycles. The van der Waals surface area contributed by atoms with Crippen molar-refractivity contribution in [1.29, 1.82) is 0 Å². The highest BCUT2D eigenvalue weighted by Gasteiger charge is 2.23. The van der Waals surface area contributed by atoms with Crippen LogP contribution in [0.1, 0.15) is 5.69 Å². The summed E-state index contributed by atoms with van der Waals surface area (Å²) in [6, 6.07) is 5.71. The van der Waals surface area contributed by atoms with Gasteiger partial charge in [-0.3, -0.25) is 4.57 Å². The summed E-state index contributed by atoms with van der Waals surface area (Å²) in [6.07, 6.45) is 4.62. The number of ether oxygens (including phenoxy) is 1. The van der Waals surface area contributed by atoms with E-state index in [0.717, 1.165) is 22.8 Å². The van der Waals surface area contributed by atoms with Crippen LogP contribution in [0.3, 0.4) is 0 Å². The number of imidazole rings is 1. The van der Waals surface area contributed by atoms with Gasteiger partial charge in [0.05, 0.1) is 24.2 Å². The molecule has 2 aromatic heterocycles. The summed E-state index contributed by atoms with van der Waals surface area (Å²) in [4.78, 5) is 8.52. The van der Waals surface area contributed by atoms with Gasteiger partial charge < -0.3 is 4.74 Å². The minimum absolute atomic E-state index is 0.468. The van der Waals surface area contributed by atoms with Gasteiger partial charge in [-0.25, -0.2) is 14.6 Å². The maximum atomic E-state index is 6.18. The summed E-state index contributed by atoms with van der Waals surface area (Å²) in [5.41, 5.74) is 2.71. The molecular weight excluding hydrogens is 290 g/mol. The molecule has 0 unspecified atom stereocenters. The minimum atomic E-state index is 0.468. The maximum absolute atomic E-state index is 6.18. The van der Waals surface area contributed by atoms with E-state index in [1.54, 1.807) is 11.0 Å². The molecule has 1 aliphatic rings. The van der Waals surface area contributed by atoms with Gasteiger partial charge in [0.25, 0.3) is 0 Å². The Morgan fingerprint density at radius 2 is 2.24 bits per heavy atom. The summed E-state index contributed by atoms with van der Waals surface area (Å²) in [5.74, 6) is 1.45. The third kappa shape index (κ3) is 1.76. The van der Waals surface area contributed by atoms with Crippen LogP contribution >= 0.6 is 11.6 Å². The first kappa shape index (κ1) is 12.2. The standard InChI is InChI=1S/C14H10ClN5O/c1-2-21-9-3-4-11-10(5-9)14-16-7-18-20(14)6-12-13(15)17-8-19(11)12/h2-5,7-8H,1,6H2. The van der Waals surface area contributed by atoms with Crippen molar-refractivity contribution in [3.05, 3.63) is 54.5 Å². The first-order chi connectivity index (χ1) is 10.3. The van der Waals surface area contributed by atoms with E-state index in [4.69, 9.17) is 16.3 Å². The maximum Gasteiger partial charge on any atom is 0.160 e. The van der Waals surface area contributed by atoms with Gasteiger partial charge >= 0.3 is 0 Å². The molecule has 3 heterocycles. The van der Waals surface area contributed by atoms with Crippen LogP contribution in [0.15, 0.2) is 43.7 Å². The van der Waals surface area contributed by atoms with Crippen molar-refractivity contribution in [2.45, 2.75) is 6.54 Å². The average Bonchev–Trinajstić information content (AvgIpc) is 3.05. The predicted octanol–water partition coefficient (Wildman–Crippen LogP) is 2.67. The molecule has 0 saturated carbocycles. The summed E-state index contributed by atoms with van der Waals surface area (Å²) < 4.78 is 9.10. The number of nitrogens with zero attached hydrogens (tertiary/aromatic N) is 5. The molecule has 0 fully saturated rings. The number of aromatic nitrogens is 5. The van der Waals surface area contributed by atoms with Crippen molar-refractivity contribution in [2.75, 3.05) is 0 Å². The monoisotopic (exact) mass is 299 g/mol. The van der Waals surface area contributed by atoms with E-state index < -0.39 is 0 Å². The zero-order valence-electron chi connectivity index (χ0n) is 10.9. The van der Waals surface area contributed by atoms with Crippen LogP contribution in [0.25, 0.3) is 17.1 Å². The molecule has 21 heavy (non-hydrogen) atoms. The van der Waals surface area contributed by atoms with Gasteiger partial charge in [0.15, 0.2) is 11.0 Å². The molecule has 0 N–H and O–H groups in total. The topological polar surface area (TPSA) is 57.8 Å². The van der Waals surface area contributed by atoms with Gasteiger partial charge in [0, 0.05) is 5.56 Å². The van der Waals surface area contributed by atoms with E-state index in [2.05, 4.69) is 21.6 Å². The zero-order chi connectivity index (χ0) is 14.4. The fourth-order valence-corrected chi connectivity index (χ4v) is 2.70. The minimum Gasteiger partial charge on any atom is -0.466 e. The first-order valence-corrected chi connectivity index (χ1v) is 6.67. The van der Waals surface area contributed by atoms with Crippen LogP contribution in [-0.2, 0) is 6.54 Å². The Kier molecular flexibility index (Phi) is 2.58. The van der Waals surface area contributed by atoms with Crippen LogP contribution in [0.4, 0.5) is 0 Å². The van der Waals surface area contributed by atoms with E-state index in [-0.39, 0.29) is 0 Å². The van der Waals surface area contributed by atoms with Crippen molar-refractivity contribution in [1.82, 2.24) is 24.3 Å². The Morgan fingerprint density at radius 1 is 1.33 bits per heavy atom. The van der Waals surface area contributed by atoms with Gasteiger partial charge in [-0.15, -0.1) is 0 Å². The van der Waals surface area contributed by atoms with Crippen molar-refractivity contribution in [3.63, 3.8) is 0 Å². The van der Waals surface area contributed by atoms with E-state index in [1.165, 1.54) is 12.6 Å². The van der Waals surface area contributed by atoms with Crippen LogP contribution in [0.2, 0.25) is 5.15 Å². The fraction of sp³-hybridized carbons (Fsp3) is 0.0714. The van der Waals surface area contributed by atoms with Crippen LogP contribution in [-0.4, -0.2) is 24.3 Å². The smallest absolute Gasteiger partial charge is 0.160 e. The Morgan fingerprint density at radius 3 is 3.10 bits per heavy atom. The summed E-state index contributed by atoms with van der Waals surface area (Å²) in [5, 5.41) is 4.72. The lowest BCUT2D eigenvalue weighted by molar-refractivity contribution is 0.483. The van der Waals surface area contributed by atoms with Crippen LogP contribution < -0.4 is 4.74 Å². The molecule has 0 radical (unpaired) electrons. The molecule has 4 rings (SSSR count). The lowest BCUT2D eigenvalue weighted by atomic mass is 10.1. The third-order valence-electron chi connectivity index (χ3n) is 3.42. The summed E-state index contributed by atoms with van der Waals surface area (Å²) in [7, 11) is 0. The predicted molar refractivity (Wildman–Crippen MR) is 77.5 cm³/mol. The van der Waals surface area contributed by atoms with Crippen molar-refractivity contribution in [2.24, 2.45) is 0 Å². The molecule has 0 amide bonds. The Bertz CT molecular complexity index is 851. The van der Waals surface area contributed by atoms with Gasteiger partial charge in [-0.1, -0.05) is 18.2 Å². The number of benzene rings is 1. The second-order valence-electron chi connectivity index (χ2n) is 4.56. The molecule has 0 spiro atoms. The summed E-state index contributed by atoms with van der Waals surface area (Å²) >= 11 is 6.18. The quantitative estimate of drug-likeness (QED) is 0.534. The molecule has 7 heteroatoms. The highest BCUT2D eigenvalue weighted by molar-refractivity contribution is 6.30. The molecule has 1 aliphatic heterocycles. The van der Waals surface area contributed by atoms with E-state index >= 15 is 0 Å². The van der Waals surface area contributed by atoms with Gasteiger partial charge in [0.1, 0.15) is 18.4 Å². The zero-order valence-corrected chi connectivity index (χ0v) is 11.7. The molecule has 0 saturated heterocycles. The highest BCUT2D eigenvalue weighted by atomic mass is 35.5. The molecule has 6 nitrogen and oxygen atoms in total. The van der Waals surface area contributed by atoms with Gasteiger partial charge in [0.2, 0.25) is 0 Å². The fourth-order valence-electron chi connectivity index (χ4n) is 2.51. The average molecular weight is 300 g/mol. The normalized spacial score (nSPS) is 12.0. The van der Waals surface area contributed by atoms with Crippen molar-refractivity contribution >= 4 is 11.6 Å². The van der Waals surface area contributed by atoms with Crippen molar-refractivity contribution < 1.29 is 4.74 Å². The lowest BCUT2D eigenvalue weighted by Crippen LogP contribution is -2.04. The van der Waals surface area contributed by atoms with Crippen LogP contribution in [0.5, 0.6) is 5.75 Å². The number of hydrogen-bond acceptors (Lipinski definition) is 4. The SMILES string of the molecule is C=COc1ccc2c(c1)-c1ncnn1Cc1c(Cl)ncn1-2. The molecule has 0 bridgehead atoms. The summed E-state index contributed by atoms with van der Waals surface area (Å²) in [6.45, 7) is 4.09. The van der Waals surface area contributed by atoms with E-state index in [1.807, 2.05) is 22.8 Å². The third-order valence-corrected chi connectivity index (χ3v) is 3.73. The second-order valence-corrected chi connectivity index (χ2v) is 4.91. The molecular formula is C14H10ClN5O. The van der Waals surface area contributed by atoms with E-state index in [0.29, 0.717) is 17.4 Å². The van der Waals surface area contributed by atoms with Gasteiger partial charge in [-0.2, -0.15) is 5.10 Å². The largest absolute Gasteiger partial charge is 0.466 e. The highest BCUT2D eigenvalue weighted by Crippen LogP contribution is 2.34. The molecule has 0 aliphatic carbocycles. The first-order valence-electron chi connectivity index (χ1n) is 6.30. The molecule has 104 valence electrons. The molecule has 0 atom stereocenters. The Hall–Kier alpha value is -2.60. The lowest BCUT2D eigenvalue weighted by Gasteiger charge is -2.09. The Labute approximate surface area is 125 Å². The Balaban J connectivity index is 2.03. The second kappa shape index (κ2) is 4.46. The number of rotatable bonds is 2. The van der Waals surface area contributed by atoms with E-state index in [9.17, 15) is 0 Å². The number of fused-ring (bicyclic) bond motifs is 5. The number of hydrogen-bond donors (Lipinski definition) is 0. The van der Waals surface area contributed by atoms with Crippen LogP contribution in [0, 0.1) is 0 Å². The van der Waals surface area contributed by atoms with Gasteiger partial charge in [-0.05, 0) is 18.2 Å². The number of halogens is 1. The van der Waals surface area contributed by atoms with Crippen molar-refractivity contribution in [3.8, 4) is 22.8 Å².